The molecule has 0 aromatic carbocycles. The lowest BCUT2D eigenvalue weighted by molar-refractivity contribution is -0.121. The summed E-state index contributed by atoms with van der Waals surface area (Å²) in [6, 6.07) is 0.472. The lowest BCUT2D eigenvalue weighted by Crippen LogP contribution is -2.42. The van der Waals surface area contributed by atoms with Crippen LogP contribution in [-0.2, 0) is 4.79 Å². The zero-order valence-corrected chi connectivity index (χ0v) is 12.6. The summed E-state index contributed by atoms with van der Waals surface area (Å²) >= 11 is 0. The van der Waals surface area contributed by atoms with E-state index in [0.29, 0.717) is 18.4 Å². The van der Waals surface area contributed by atoms with Gasteiger partial charge in [-0.1, -0.05) is 13.8 Å². The molecule has 18 heavy (non-hydrogen) atoms. The molecule has 1 rings (SSSR count). The summed E-state index contributed by atoms with van der Waals surface area (Å²) in [5.74, 6) is 0.770. The highest BCUT2D eigenvalue weighted by atomic mass is 35.5. The van der Waals surface area contributed by atoms with Crippen LogP contribution < -0.4 is 11.1 Å². The van der Waals surface area contributed by atoms with Crippen LogP contribution in [0.15, 0.2) is 0 Å². The first-order valence-corrected chi connectivity index (χ1v) is 6.75. The first kappa shape index (κ1) is 17.7. The van der Waals surface area contributed by atoms with Gasteiger partial charge < -0.3 is 11.1 Å². The van der Waals surface area contributed by atoms with Gasteiger partial charge in [-0.25, -0.2) is 0 Å². The summed E-state index contributed by atoms with van der Waals surface area (Å²) < 4.78 is 0. The van der Waals surface area contributed by atoms with Gasteiger partial charge in [0, 0.05) is 31.6 Å². The van der Waals surface area contributed by atoms with E-state index in [1.165, 1.54) is 19.4 Å². The molecule has 0 saturated carbocycles. The van der Waals surface area contributed by atoms with Crippen molar-refractivity contribution in [2.24, 2.45) is 11.7 Å². The third-order valence-electron chi connectivity index (χ3n) is 3.14. The van der Waals surface area contributed by atoms with Crippen molar-refractivity contribution in [3.05, 3.63) is 0 Å². The van der Waals surface area contributed by atoms with Gasteiger partial charge in [0.2, 0.25) is 5.91 Å². The molecule has 0 bridgehead atoms. The van der Waals surface area contributed by atoms with Gasteiger partial charge in [-0.3, -0.25) is 9.69 Å². The van der Waals surface area contributed by atoms with Crippen molar-refractivity contribution in [2.45, 2.75) is 52.1 Å². The summed E-state index contributed by atoms with van der Waals surface area (Å²) in [6.45, 7) is 9.42. The van der Waals surface area contributed by atoms with Crippen LogP contribution in [0.2, 0.25) is 0 Å². The third-order valence-corrected chi connectivity index (χ3v) is 3.14. The maximum atomic E-state index is 11.5. The normalized spacial score (nSPS) is 21.7. The van der Waals surface area contributed by atoms with Crippen LogP contribution in [0.4, 0.5) is 0 Å². The standard InChI is InChI=1S/C13H27N3O.ClH/c1-10(2)9-16-6-4-5-12(16)8-15-13(17)7-11(3)14;/h10-12H,4-9,14H2,1-3H3,(H,15,17);1H/t11?,12-;/m1./s1. The Bertz CT molecular complexity index is 246. The maximum absolute atomic E-state index is 11.5. The Morgan fingerprint density at radius 3 is 2.67 bits per heavy atom. The average Bonchev–Trinajstić information content (AvgIpc) is 2.60. The summed E-state index contributed by atoms with van der Waals surface area (Å²) in [5.41, 5.74) is 5.60. The highest BCUT2D eigenvalue weighted by Gasteiger charge is 2.24. The molecule has 4 nitrogen and oxygen atoms in total. The summed E-state index contributed by atoms with van der Waals surface area (Å²) in [7, 11) is 0. The minimum atomic E-state index is -0.0506. The number of nitrogens with zero attached hydrogens (tertiary/aromatic N) is 1. The van der Waals surface area contributed by atoms with Crippen molar-refractivity contribution >= 4 is 18.3 Å². The first-order chi connectivity index (χ1) is 7.99. The van der Waals surface area contributed by atoms with Gasteiger partial charge in [0.1, 0.15) is 0 Å². The number of likely N-dealkylation sites (tertiary alicyclic amines) is 1. The number of carbonyl (C=O) groups excluding carboxylic acids is 1. The smallest absolute Gasteiger partial charge is 0.221 e. The summed E-state index contributed by atoms with van der Waals surface area (Å²) in [4.78, 5) is 14.0. The van der Waals surface area contributed by atoms with E-state index < -0.39 is 0 Å². The SMILES string of the molecule is CC(C)CN1CCC[C@@H]1CNC(=O)CC(C)N.Cl. The molecule has 1 heterocycles. The molecule has 1 aliphatic rings. The minimum Gasteiger partial charge on any atom is -0.354 e. The van der Waals surface area contributed by atoms with E-state index >= 15 is 0 Å². The molecule has 1 amide bonds. The van der Waals surface area contributed by atoms with Crippen LogP contribution in [0.3, 0.4) is 0 Å². The molecule has 1 saturated heterocycles. The Labute approximate surface area is 117 Å². The van der Waals surface area contributed by atoms with Gasteiger partial charge in [0.05, 0.1) is 0 Å². The number of amides is 1. The van der Waals surface area contributed by atoms with Crippen molar-refractivity contribution < 1.29 is 4.79 Å². The monoisotopic (exact) mass is 277 g/mol. The van der Waals surface area contributed by atoms with Crippen LogP contribution in [0.1, 0.15) is 40.0 Å². The van der Waals surface area contributed by atoms with Gasteiger partial charge in [0.15, 0.2) is 0 Å². The summed E-state index contributed by atoms with van der Waals surface area (Å²) in [5, 5.41) is 3.00. The van der Waals surface area contributed by atoms with Gasteiger partial charge in [0.25, 0.3) is 0 Å². The van der Waals surface area contributed by atoms with Crippen LogP contribution in [0.25, 0.3) is 0 Å². The largest absolute Gasteiger partial charge is 0.354 e. The van der Waals surface area contributed by atoms with E-state index in [-0.39, 0.29) is 24.4 Å². The highest BCUT2D eigenvalue weighted by molar-refractivity contribution is 5.85. The van der Waals surface area contributed by atoms with Crippen LogP contribution in [0, 0.1) is 5.92 Å². The molecule has 2 atom stereocenters. The predicted octanol–water partition coefficient (Wildman–Crippen LogP) is 1.38. The number of nitrogens with two attached hydrogens (primary N) is 1. The van der Waals surface area contributed by atoms with E-state index in [4.69, 9.17) is 5.73 Å². The Morgan fingerprint density at radius 2 is 2.11 bits per heavy atom. The van der Waals surface area contributed by atoms with Crippen LogP contribution in [-0.4, -0.2) is 42.5 Å². The second-order valence-corrected chi connectivity index (χ2v) is 5.67. The van der Waals surface area contributed by atoms with Crippen LogP contribution >= 0.6 is 12.4 Å². The lowest BCUT2D eigenvalue weighted by Gasteiger charge is -2.26. The van der Waals surface area contributed by atoms with Gasteiger partial charge in [-0.05, 0) is 32.2 Å². The number of hydrogen-bond acceptors (Lipinski definition) is 3. The fraction of sp³-hybridized carbons (Fsp3) is 0.923. The van der Waals surface area contributed by atoms with Gasteiger partial charge in [-0.2, -0.15) is 0 Å². The Hall–Kier alpha value is -0.320. The van der Waals surface area contributed by atoms with E-state index in [2.05, 4.69) is 24.1 Å². The topological polar surface area (TPSA) is 58.4 Å². The predicted molar refractivity (Wildman–Crippen MR) is 78.0 cm³/mol. The number of nitrogens with one attached hydrogen (secondary N) is 1. The molecule has 0 aliphatic carbocycles. The van der Waals surface area contributed by atoms with E-state index in [0.717, 1.165) is 13.1 Å². The number of carbonyl (C=O) groups is 1. The molecule has 108 valence electrons. The molecule has 0 radical (unpaired) electrons. The third kappa shape index (κ3) is 6.57. The molecule has 0 aromatic rings. The van der Waals surface area contributed by atoms with Crippen molar-refractivity contribution in [1.29, 1.82) is 0 Å². The molecular formula is C13H28ClN3O. The number of halogens is 1. The van der Waals surface area contributed by atoms with E-state index in [1.54, 1.807) is 0 Å². The second kappa shape index (κ2) is 8.73. The van der Waals surface area contributed by atoms with E-state index in [9.17, 15) is 4.79 Å². The maximum Gasteiger partial charge on any atom is 0.221 e. The van der Waals surface area contributed by atoms with Crippen LogP contribution in [0.5, 0.6) is 0 Å². The average molecular weight is 278 g/mol. The molecule has 1 unspecified atom stereocenters. The molecule has 1 fully saturated rings. The summed E-state index contributed by atoms with van der Waals surface area (Å²) in [6.07, 6.45) is 2.88. The molecule has 1 aliphatic heterocycles. The van der Waals surface area contributed by atoms with Gasteiger partial charge in [-0.15, -0.1) is 12.4 Å². The van der Waals surface area contributed by atoms with Crippen molar-refractivity contribution in [2.75, 3.05) is 19.6 Å². The molecule has 3 N–H and O–H groups in total. The minimum absolute atomic E-state index is 0. The van der Waals surface area contributed by atoms with E-state index in [1.807, 2.05) is 6.92 Å². The Balaban J connectivity index is 0.00000289. The number of hydrogen-bond donors (Lipinski definition) is 2. The quantitative estimate of drug-likeness (QED) is 0.771. The fourth-order valence-electron chi connectivity index (χ4n) is 2.43. The lowest BCUT2D eigenvalue weighted by atomic mass is 10.1. The van der Waals surface area contributed by atoms with Gasteiger partial charge >= 0.3 is 0 Å². The molecular weight excluding hydrogens is 250 g/mol. The fourth-order valence-corrected chi connectivity index (χ4v) is 2.43. The van der Waals surface area contributed by atoms with Crippen molar-refractivity contribution in [1.82, 2.24) is 10.2 Å². The molecule has 0 spiro atoms. The zero-order valence-electron chi connectivity index (χ0n) is 11.8. The Kier molecular flexibility index (Phi) is 8.57. The highest BCUT2D eigenvalue weighted by Crippen LogP contribution is 2.17. The molecule has 5 heteroatoms. The van der Waals surface area contributed by atoms with Crippen molar-refractivity contribution in [3.63, 3.8) is 0 Å². The second-order valence-electron chi connectivity index (χ2n) is 5.67. The Morgan fingerprint density at radius 1 is 1.44 bits per heavy atom. The molecule has 0 aromatic heterocycles. The zero-order chi connectivity index (χ0) is 12.8. The number of rotatable bonds is 6. The first-order valence-electron chi connectivity index (χ1n) is 6.75. The van der Waals surface area contributed by atoms with Crippen molar-refractivity contribution in [3.8, 4) is 0 Å².